The van der Waals surface area contributed by atoms with Gasteiger partial charge in [0.25, 0.3) is 11.5 Å². The molecule has 1 N–H and O–H groups in total. The van der Waals surface area contributed by atoms with E-state index in [-0.39, 0.29) is 23.3 Å². The molecular weight excluding hydrogens is 453 g/mol. The molecule has 32 heavy (non-hydrogen) atoms. The molecule has 0 aliphatic carbocycles. The van der Waals surface area contributed by atoms with Gasteiger partial charge in [0.15, 0.2) is 5.16 Å². The minimum Gasteiger partial charge on any atom is -0.350 e. The monoisotopic (exact) mass is 473 g/mol. The molecule has 166 valence electrons. The Bertz CT molecular complexity index is 1380. The number of hydrogen-bond donors (Lipinski definition) is 1. The number of rotatable bonds is 6. The maximum absolute atomic E-state index is 14.2. The van der Waals surface area contributed by atoms with E-state index in [1.165, 1.54) is 22.4 Å². The number of thioether (sulfide) groups is 1. The second kappa shape index (κ2) is 8.91. The smallest absolute Gasteiger partial charge is 0.262 e. The number of carbonyl (C=O) groups excluding carboxylic acids is 1. The Labute approximate surface area is 192 Å². The van der Waals surface area contributed by atoms with Gasteiger partial charge in [0.05, 0.1) is 10.9 Å². The van der Waals surface area contributed by atoms with Gasteiger partial charge >= 0.3 is 0 Å². The van der Waals surface area contributed by atoms with Gasteiger partial charge in [0.1, 0.15) is 5.82 Å². The van der Waals surface area contributed by atoms with Crippen molar-refractivity contribution in [2.24, 2.45) is 7.05 Å². The first-order valence-electron chi connectivity index (χ1n) is 10.1. The number of amides is 1. The molecular formula is C22H21ClFN5O2S. The summed E-state index contributed by atoms with van der Waals surface area (Å²) < 4.78 is 17.3. The van der Waals surface area contributed by atoms with Crippen LogP contribution in [0.1, 0.15) is 36.2 Å². The highest BCUT2D eigenvalue weighted by molar-refractivity contribution is 7.98. The normalized spacial score (nSPS) is 12.4. The number of nitrogens with zero attached hydrogens (tertiary/aromatic N) is 4. The van der Waals surface area contributed by atoms with Crippen LogP contribution in [0.5, 0.6) is 0 Å². The lowest BCUT2D eigenvalue weighted by molar-refractivity contribution is 0.0939. The molecule has 1 amide bonds. The number of carbonyl (C=O) groups is 1. The summed E-state index contributed by atoms with van der Waals surface area (Å²) in [6.45, 7) is 3.91. The number of hydrogen-bond acceptors (Lipinski definition) is 5. The zero-order chi connectivity index (χ0) is 23.0. The Hall–Kier alpha value is -2.91. The highest BCUT2D eigenvalue weighted by Gasteiger charge is 2.18. The van der Waals surface area contributed by atoms with Crippen LogP contribution in [0.4, 0.5) is 4.39 Å². The molecule has 2 heterocycles. The number of halogens is 2. The van der Waals surface area contributed by atoms with Crippen LogP contribution in [0, 0.1) is 5.82 Å². The SMILES string of the molecule is CCC(C)NC(=O)c1ccc2c(=O)n(C)c3nnc(SCc4c(F)cccc4Cl)n3c2c1. The molecule has 10 heteroatoms. The predicted molar refractivity (Wildman–Crippen MR) is 124 cm³/mol. The molecule has 4 aromatic rings. The fraction of sp³-hybridized carbons (Fsp3) is 0.273. The van der Waals surface area contributed by atoms with E-state index in [0.717, 1.165) is 6.42 Å². The van der Waals surface area contributed by atoms with E-state index in [1.54, 1.807) is 41.8 Å². The van der Waals surface area contributed by atoms with Gasteiger partial charge in [0, 0.05) is 35.0 Å². The Morgan fingerprint density at radius 3 is 2.78 bits per heavy atom. The van der Waals surface area contributed by atoms with Crippen LogP contribution < -0.4 is 10.9 Å². The van der Waals surface area contributed by atoms with Crippen LogP contribution in [0.25, 0.3) is 16.7 Å². The fourth-order valence-corrected chi connectivity index (χ4v) is 4.59. The molecule has 0 saturated carbocycles. The minimum atomic E-state index is -0.403. The molecule has 0 bridgehead atoms. The summed E-state index contributed by atoms with van der Waals surface area (Å²) in [6, 6.07) is 9.47. The summed E-state index contributed by atoms with van der Waals surface area (Å²) in [6.07, 6.45) is 0.801. The first-order chi connectivity index (χ1) is 15.3. The summed E-state index contributed by atoms with van der Waals surface area (Å²) in [5.41, 5.74) is 1.04. The fourth-order valence-electron chi connectivity index (χ4n) is 3.31. The third-order valence-electron chi connectivity index (χ3n) is 5.35. The molecule has 4 rings (SSSR count). The Morgan fingerprint density at radius 1 is 1.28 bits per heavy atom. The molecule has 0 radical (unpaired) electrons. The minimum absolute atomic E-state index is 0.0217. The summed E-state index contributed by atoms with van der Waals surface area (Å²) >= 11 is 7.40. The molecule has 0 aliphatic heterocycles. The van der Waals surface area contributed by atoms with Gasteiger partial charge in [-0.3, -0.25) is 18.6 Å². The van der Waals surface area contributed by atoms with Crippen molar-refractivity contribution in [2.75, 3.05) is 0 Å². The molecule has 1 unspecified atom stereocenters. The van der Waals surface area contributed by atoms with Crippen LogP contribution >= 0.6 is 23.4 Å². The Morgan fingerprint density at radius 2 is 2.06 bits per heavy atom. The van der Waals surface area contributed by atoms with Crippen molar-refractivity contribution in [1.82, 2.24) is 24.5 Å². The number of fused-ring (bicyclic) bond motifs is 3. The quantitative estimate of drug-likeness (QED) is 0.424. The number of aryl methyl sites for hydroxylation is 1. The maximum atomic E-state index is 14.2. The third-order valence-corrected chi connectivity index (χ3v) is 6.66. The summed E-state index contributed by atoms with van der Waals surface area (Å²) in [5.74, 6) is -0.0788. The first kappa shape index (κ1) is 22.3. The topological polar surface area (TPSA) is 81.3 Å². The molecule has 0 saturated heterocycles. The van der Waals surface area contributed by atoms with Crippen molar-refractivity contribution < 1.29 is 9.18 Å². The van der Waals surface area contributed by atoms with Crippen LogP contribution in [-0.4, -0.2) is 31.1 Å². The predicted octanol–water partition coefficient (Wildman–Crippen LogP) is 4.19. The van der Waals surface area contributed by atoms with Crippen molar-refractivity contribution in [1.29, 1.82) is 0 Å². The van der Waals surface area contributed by atoms with Crippen LogP contribution in [0.3, 0.4) is 0 Å². The second-order valence-electron chi connectivity index (χ2n) is 7.49. The van der Waals surface area contributed by atoms with E-state index < -0.39 is 5.82 Å². The molecule has 2 aromatic carbocycles. The van der Waals surface area contributed by atoms with Gasteiger partial charge < -0.3 is 5.32 Å². The Balaban J connectivity index is 1.82. The van der Waals surface area contributed by atoms with E-state index in [4.69, 9.17) is 11.6 Å². The zero-order valence-corrected chi connectivity index (χ0v) is 19.3. The van der Waals surface area contributed by atoms with E-state index >= 15 is 0 Å². The average Bonchev–Trinajstić information content (AvgIpc) is 3.21. The zero-order valence-electron chi connectivity index (χ0n) is 17.7. The van der Waals surface area contributed by atoms with Gasteiger partial charge in [-0.15, -0.1) is 10.2 Å². The largest absolute Gasteiger partial charge is 0.350 e. The highest BCUT2D eigenvalue weighted by Crippen LogP contribution is 2.29. The average molecular weight is 474 g/mol. The molecule has 7 nitrogen and oxygen atoms in total. The van der Waals surface area contributed by atoms with E-state index in [9.17, 15) is 14.0 Å². The van der Waals surface area contributed by atoms with E-state index in [1.807, 2.05) is 13.8 Å². The lowest BCUT2D eigenvalue weighted by atomic mass is 10.1. The van der Waals surface area contributed by atoms with Gasteiger partial charge in [-0.05, 0) is 43.7 Å². The summed E-state index contributed by atoms with van der Waals surface area (Å²) in [4.78, 5) is 25.5. The van der Waals surface area contributed by atoms with Gasteiger partial charge in [-0.25, -0.2) is 4.39 Å². The highest BCUT2D eigenvalue weighted by atomic mass is 35.5. The number of benzene rings is 2. The van der Waals surface area contributed by atoms with Crippen LogP contribution in [0.15, 0.2) is 46.3 Å². The summed E-state index contributed by atoms with van der Waals surface area (Å²) in [5, 5.41) is 12.5. The molecule has 1 atom stereocenters. The van der Waals surface area contributed by atoms with Crippen molar-refractivity contribution in [3.63, 3.8) is 0 Å². The molecule has 0 spiro atoms. The standard InChI is InChI=1S/C22H21ClFN5O2S/c1-4-12(2)25-19(30)13-8-9-14-18(10-13)29-21(28(3)20(14)31)26-27-22(29)32-11-15-16(23)6-5-7-17(15)24/h5-10,12H,4,11H2,1-3H3,(H,25,30). The van der Waals surface area contributed by atoms with Crippen LogP contribution in [-0.2, 0) is 12.8 Å². The molecule has 0 aliphatic rings. The van der Waals surface area contributed by atoms with Gasteiger partial charge in [-0.2, -0.15) is 0 Å². The first-order valence-corrected chi connectivity index (χ1v) is 11.4. The maximum Gasteiger partial charge on any atom is 0.262 e. The van der Waals surface area contributed by atoms with Gasteiger partial charge in [-0.1, -0.05) is 36.4 Å². The lowest BCUT2D eigenvalue weighted by Gasteiger charge is -2.13. The van der Waals surface area contributed by atoms with Crippen molar-refractivity contribution >= 4 is 46.0 Å². The summed E-state index contributed by atoms with van der Waals surface area (Å²) in [7, 11) is 1.61. The number of aromatic nitrogens is 4. The van der Waals surface area contributed by atoms with Crippen molar-refractivity contribution in [3.05, 3.63) is 68.7 Å². The second-order valence-corrected chi connectivity index (χ2v) is 8.84. The Kier molecular flexibility index (Phi) is 6.21. The van der Waals surface area contributed by atoms with Crippen molar-refractivity contribution in [3.8, 4) is 0 Å². The molecule has 0 fully saturated rings. The van der Waals surface area contributed by atoms with Crippen LogP contribution in [0.2, 0.25) is 5.02 Å². The van der Waals surface area contributed by atoms with E-state index in [0.29, 0.717) is 38.0 Å². The third kappa shape index (κ3) is 3.98. The van der Waals surface area contributed by atoms with Gasteiger partial charge in [0.2, 0.25) is 5.78 Å². The molecule has 2 aromatic heterocycles. The van der Waals surface area contributed by atoms with E-state index in [2.05, 4.69) is 15.5 Å². The number of nitrogens with one attached hydrogen (secondary N) is 1. The van der Waals surface area contributed by atoms with Crippen molar-refractivity contribution in [2.45, 2.75) is 37.2 Å². The lowest BCUT2D eigenvalue weighted by Crippen LogP contribution is -2.32.